The standard InChI is InChI=1S/C18H23NO5/c1-5-6-11-23-14-9-7-13(8-10-14)12-15(16(20)21)19-17(22)24-18(2,3)4/h7-10,15H,11-12H2,1-4H3,(H,19,22)(H,20,21)/p-1/t15-/m0/s1. The molecule has 1 rings (SSSR count). The third-order valence-corrected chi connectivity index (χ3v) is 2.83. The summed E-state index contributed by atoms with van der Waals surface area (Å²) in [5.74, 6) is 4.76. The molecule has 1 atom stereocenters. The number of aliphatic carboxylic acids is 1. The van der Waals surface area contributed by atoms with Gasteiger partial charge in [-0.3, -0.25) is 0 Å². The molecule has 130 valence electrons. The van der Waals surface area contributed by atoms with Crippen LogP contribution >= 0.6 is 0 Å². The molecule has 1 N–H and O–H groups in total. The highest BCUT2D eigenvalue weighted by atomic mass is 16.6. The Balaban J connectivity index is 2.66. The number of hydrogen-bond acceptors (Lipinski definition) is 5. The Hall–Kier alpha value is -2.68. The van der Waals surface area contributed by atoms with E-state index in [9.17, 15) is 14.7 Å². The van der Waals surface area contributed by atoms with E-state index in [1.165, 1.54) is 0 Å². The van der Waals surface area contributed by atoms with Gasteiger partial charge in [0.05, 0.1) is 12.0 Å². The van der Waals surface area contributed by atoms with Gasteiger partial charge in [-0.15, -0.1) is 5.92 Å². The predicted molar refractivity (Wildman–Crippen MR) is 87.3 cm³/mol. The highest BCUT2D eigenvalue weighted by molar-refractivity contribution is 5.79. The maximum atomic E-state index is 11.7. The fourth-order valence-corrected chi connectivity index (χ4v) is 1.79. The molecule has 0 aromatic heterocycles. The largest absolute Gasteiger partial charge is 0.548 e. The molecule has 6 nitrogen and oxygen atoms in total. The Morgan fingerprint density at radius 2 is 1.88 bits per heavy atom. The summed E-state index contributed by atoms with van der Waals surface area (Å²) < 4.78 is 10.4. The molecule has 6 heteroatoms. The quantitative estimate of drug-likeness (QED) is 0.793. The van der Waals surface area contributed by atoms with Crippen molar-refractivity contribution in [1.82, 2.24) is 5.32 Å². The molecule has 0 aliphatic rings. The second-order valence-electron chi connectivity index (χ2n) is 6.08. The lowest BCUT2D eigenvalue weighted by Gasteiger charge is -2.24. The first-order valence-corrected chi connectivity index (χ1v) is 7.53. The van der Waals surface area contributed by atoms with Crippen molar-refractivity contribution < 1.29 is 24.2 Å². The number of carboxylic acid groups (broad SMARTS) is 1. The number of carboxylic acids is 1. The second kappa shape index (κ2) is 8.82. The van der Waals surface area contributed by atoms with Gasteiger partial charge in [0, 0.05) is 0 Å². The van der Waals surface area contributed by atoms with E-state index in [1.807, 2.05) is 0 Å². The molecule has 0 spiro atoms. The third-order valence-electron chi connectivity index (χ3n) is 2.83. The zero-order valence-corrected chi connectivity index (χ0v) is 14.3. The van der Waals surface area contributed by atoms with E-state index in [4.69, 9.17) is 9.47 Å². The van der Waals surface area contributed by atoms with Crippen LogP contribution in [0.15, 0.2) is 24.3 Å². The van der Waals surface area contributed by atoms with Crippen molar-refractivity contribution in [3.63, 3.8) is 0 Å². The summed E-state index contributed by atoms with van der Waals surface area (Å²) in [7, 11) is 0. The van der Waals surface area contributed by atoms with Gasteiger partial charge in [0.15, 0.2) is 0 Å². The monoisotopic (exact) mass is 332 g/mol. The van der Waals surface area contributed by atoms with E-state index < -0.39 is 23.7 Å². The molecule has 1 aromatic rings. The minimum absolute atomic E-state index is 0.0800. The maximum absolute atomic E-state index is 11.7. The lowest BCUT2D eigenvalue weighted by molar-refractivity contribution is -0.308. The van der Waals surface area contributed by atoms with Crippen LogP contribution in [0.4, 0.5) is 4.79 Å². The first-order valence-electron chi connectivity index (χ1n) is 7.53. The van der Waals surface area contributed by atoms with Gasteiger partial charge in [0.1, 0.15) is 18.0 Å². The first-order chi connectivity index (χ1) is 11.2. The van der Waals surface area contributed by atoms with Crippen molar-refractivity contribution in [2.75, 3.05) is 6.61 Å². The lowest BCUT2D eigenvalue weighted by atomic mass is 10.1. The molecule has 1 amide bonds. The smallest absolute Gasteiger partial charge is 0.408 e. The zero-order chi connectivity index (χ0) is 18.2. The van der Waals surface area contributed by atoms with E-state index in [0.29, 0.717) is 11.3 Å². The average Bonchev–Trinajstić information content (AvgIpc) is 2.46. The summed E-state index contributed by atoms with van der Waals surface area (Å²) >= 11 is 0. The minimum Gasteiger partial charge on any atom is -0.548 e. The maximum Gasteiger partial charge on any atom is 0.408 e. The van der Waals surface area contributed by atoms with E-state index in [-0.39, 0.29) is 13.0 Å². The number of benzene rings is 1. The van der Waals surface area contributed by atoms with Gasteiger partial charge in [-0.1, -0.05) is 18.1 Å². The van der Waals surface area contributed by atoms with Crippen molar-refractivity contribution in [3.05, 3.63) is 29.8 Å². The van der Waals surface area contributed by atoms with Crippen LogP contribution in [0, 0.1) is 11.8 Å². The molecule has 0 heterocycles. The van der Waals surface area contributed by atoms with Gasteiger partial charge < -0.3 is 24.7 Å². The van der Waals surface area contributed by atoms with Crippen molar-refractivity contribution in [2.24, 2.45) is 0 Å². The van der Waals surface area contributed by atoms with E-state index in [0.717, 1.165) is 0 Å². The number of rotatable bonds is 6. The molecule has 0 aliphatic carbocycles. The third kappa shape index (κ3) is 7.54. The predicted octanol–water partition coefficient (Wildman–Crippen LogP) is 1.27. The number of hydrogen-bond donors (Lipinski definition) is 1. The Morgan fingerprint density at radius 1 is 1.25 bits per heavy atom. The Kier molecular flexibility index (Phi) is 7.12. The molecule has 0 bridgehead atoms. The van der Waals surface area contributed by atoms with Gasteiger partial charge in [0.2, 0.25) is 0 Å². The summed E-state index contributed by atoms with van der Waals surface area (Å²) in [5.41, 5.74) is 0.00943. The van der Waals surface area contributed by atoms with Crippen molar-refractivity contribution in [3.8, 4) is 17.6 Å². The lowest BCUT2D eigenvalue weighted by Crippen LogP contribution is -2.50. The van der Waals surface area contributed by atoms with E-state index in [1.54, 1.807) is 52.0 Å². The topological polar surface area (TPSA) is 87.7 Å². The van der Waals surface area contributed by atoms with Crippen LogP contribution < -0.4 is 15.2 Å². The Bertz CT molecular complexity index is 620. The van der Waals surface area contributed by atoms with Crippen molar-refractivity contribution in [2.45, 2.75) is 45.8 Å². The van der Waals surface area contributed by atoms with Gasteiger partial charge in [0.25, 0.3) is 0 Å². The molecule has 0 saturated heterocycles. The summed E-state index contributed by atoms with van der Waals surface area (Å²) in [6, 6.07) is 5.69. The van der Waals surface area contributed by atoms with E-state index >= 15 is 0 Å². The summed E-state index contributed by atoms with van der Waals surface area (Å²) in [6.45, 7) is 7.11. The van der Waals surface area contributed by atoms with Crippen LogP contribution in [0.2, 0.25) is 0 Å². The number of amides is 1. The number of alkyl carbamates (subject to hydrolysis) is 1. The summed E-state index contributed by atoms with van der Waals surface area (Å²) in [5, 5.41) is 13.5. The van der Waals surface area contributed by atoms with Crippen LogP contribution in [0.3, 0.4) is 0 Å². The van der Waals surface area contributed by atoms with Crippen molar-refractivity contribution >= 4 is 12.1 Å². The highest BCUT2D eigenvalue weighted by Crippen LogP contribution is 2.14. The molecule has 24 heavy (non-hydrogen) atoms. The molecule has 0 saturated carbocycles. The number of carbonyl (C=O) groups excluding carboxylic acids is 2. The van der Waals surface area contributed by atoms with Crippen LogP contribution in [-0.4, -0.2) is 30.3 Å². The zero-order valence-electron chi connectivity index (χ0n) is 14.3. The van der Waals surface area contributed by atoms with Crippen LogP contribution in [0.1, 0.15) is 33.3 Å². The fourth-order valence-electron chi connectivity index (χ4n) is 1.79. The molecular formula is C18H22NO5-. The molecule has 0 aliphatic heterocycles. The Labute approximate surface area is 142 Å². The van der Waals surface area contributed by atoms with Crippen LogP contribution in [-0.2, 0) is 16.0 Å². The molecule has 0 radical (unpaired) electrons. The van der Waals surface area contributed by atoms with Gasteiger partial charge in [-0.2, -0.15) is 0 Å². The summed E-state index contributed by atoms with van der Waals surface area (Å²) in [4.78, 5) is 22.9. The molecule has 1 aromatic carbocycles. The van der Waals surface area contributed by atoms with Crippen molar-refractivity contribution in [1.29, 1.82) is 0 Å². The van der Waals surface area contributed by atoms with Gasteiger partial charge in [-0.05, 0) is 51.8 Å². The number of carbonyl (C=O) groups is 2. The van der Waals surface area contributed by atoms with Crippen LogP contribution in [0.5, 0.6) is 5.75 Å². The molecular weight excluding hydrogens is 310 g/mol. The normalized spacial score (nSPS) is 11.7. The first kappa shape index (κ1) is 19.4. The van der Waals surface area contributed by atoms with E-state index in [2.05, 4.69) is 17.2 Å². The summed E-state index contributed by atoms with van der Waals surface area (Å²) in [6.07, 6.45) is -0.717. The number of ether oxygens (including phenoxy) is 2. The molecule has 0 unspecified atom stereocenters. The fraction of sp³-hybridized carbons (Fsp3) is 0.444. The minimum atomic E-state index is -1.38. The average molecular weight is 332 g/mol. The van der Waals surface area contributed by atoms with Crippen LogP contribution in [0.25, 0.3) is 0 Å². The Morgan fingerprint density at radius 3 is 2.38 bits per heavy atom. The van der Waals surface area contributed by atoms with Gasteiger partial charge in [-0.25, -0.2) is 4.79 Å². The molecule has 0 fully saturated rings. The second-order valence-corrected chi connectivity index (χ2v) is 6.08. The SMILES string of the molecule is CC#CCOc1ccc(C[C@H](NC(=O)OC(C)(C)C)C(=O)[O-])cc1. The van der Waals surface area contributed by atoms with Gasteiger partial charge >= 0.3 is 6.09 Å². The number of nitrogens with one attached hydrogen (secondary N) is 1. The highest BCUT2D eigenvalue weighted by Gasteiger charge is 2.20.